The smallest absolute Gasteiger partial charge is 0.338 e. The van der Waals surface area contributed by atoms with Gasteiger partial charge in [0.2, 0.25) is 0 Å². The Morgan fingerprint density at radius 1 is 1.12 bits per heavy atom. The number of fused-ring (bicyclic) bond motifs is 1. The third kappa shape index (κ3) is 5.03. The number of methoxy groups -OCH3 is 2. The van der Waals surface area contributed by atoms with Crippen LogP contribution in [-0.4, -0.2) is 42.4 Å². The zero-order valence-corrected chi connectivity index (χ0v) is 24.4. The number of benzene rings is 2. The molecule has 1 N–H and O–H groups in total. The number of carbonyl (C=O) groups is 2. The highest BCUT2D eigenvalue weighted by molar-refractivity contribution is 7.07. The van der Waals surface area contributed by atoms with E-state index >= 15 is 0 Å². The minimum Gasteiger partial charge on any atom is -0.497 e. The molecule has 42 heavy (non-hydrogen) atoms. The Kier molecular flexibility index (Phi) is 7.86. The molecule has 0 saturated heterocycles. The zero-order valence-electron chi connectivity index (χ0n) is 23.6. The van der Waals surface area contributed by atoms with Crippen molar-refractivity contribution < 1.29 is 33.3 Å². The fourth-order valence-corrected chi connectivity index (χ4v) is 6.00. The van der Waals surface area contributed by atoms with Crippen molar-refractivity contribution in [3.63, 3.8) is 0 Å². The second kappa shape index (κ2) is 11.5. The first-order chi connectivity index (χ1) is 20.2. The molecule has 0 fully saturated rings. The second-order valence-corrected chi connectivity index (χ2v) is 10.4. The normalized spacial score (nSPS) is 14.8. The maximum Gasteiger partial charge on any atom is 0.338 e. The largest absolute Gasteiger partial charge is 0.497 e. The van der Waals surface area contributed by atoms with Crippen LogP contribution in [0.5, 0.6) is 11.5 Å². The van der Waals surface area contributed by atoms with E-state index < -0.39 is 18.0 Å². The monoisotopic (exact) mass is 588 g/mol. The molecule has 10 nitrogen and oxygen atoms in total. The Balaban J connectivity index is 1.66. The maximum atomic E-state index is 13.9. The van der Waals surface area contributed by atoms with Gasteiger partial charge in [-0.25, -0.2) is 14.6 Å². The van der Waals surface area contributed by atoms with Crippen LogP contribution < -0.4 is 24.4 Å². The highest BCUT2D eigenvalue weighted by Gasteiger charge is 2.35. The summed E-state index contributed by atoms with van der Waals surface area (Å²) in [6.45, 7) is 5.29. The number of esters is 1. The molecule has 1 aliphatic rings. The molecule has 1 atom stereocenters. The molecule has 4 aromatic rings. The molecule has 0 amide bonds. The third-order valence-corrected chi connectivity index (χ3v) is 7.97. The molecule has 0 bridgehead atoms. The van der Waals surface area contributed by atoms with Crippen molar-refractivity contribution in [1.29, 1.82) is 0 Å². The number of aromatic carboxylic acids is 1. The van der Waals surface area contributed by atoms with Crippen molar-refractivity contribution in [2.24, 2.45) is 4.99 Å². The minimum absolute atomic E-state index is 0.155. The number of nitrogens with zero attached hydrogens (tertiary/aromatic N) is 2. The van der Waals surface area contributed by atoms with Gasteiger partial charge in [-0.1, -0.05) is 23.5 Å². The number of rotatable bonds is 8. The predicted octanol–water partition coefficient (Wildman–Crippen LogP) is 4.08. The number of ether oxygens (including phenoxy) is 3. The van der Waals surface area contributed by atoms with E-state index in [2.05, 4.69) is 4.99 Å². The van der Waals surface area contributed by atoms with Crippen LogP contribution in [-0.2, 0) is 9.53 Å². The number of aromatic nitrogens is 1. The summed E-state index contributed by atoms with van der Waals surface area (Å²) in [4.78, 5) is 43.7. The molecular weight excluding hydrogens is 560 g/mol. The standard InChI is InChI=1S/C31H28N2O8S/c1-6-40-30(37)26-17(3)32-31-33(27(26)22-12-10-18(38-4)14-24(22)39-5)28(34)25(42-31)15-19-11-13-23(41-19)20-8-7-9-21(16(20)2)29(35)36/h7-15,27H,6H2,1-5H3,(H,35,36)/b25-15-/t27-/m1/s1. The fourth-order valence-electron chi connectivity index (χ4n) is 4.97. The van der Waals surface area contributed by atoms with Gasteiger partial charge in [0.1, 0.15) is 29.1 Å². The summed E-state index contributed by atoms with van der Waals surface area (Å²) >= 11 is 1.16. The molecule has 0 spiro atoms. The van der Waals surface area contributed by atoms with Crippen LogP contribution in [0.4, 0.5) is 0 Å². The highest BCUT2D eigenvalue weighted by atomic mass is 32.1. The first kappa shape index (κ1) is 28.6. The SMILES string of the molecule is CCOC(=O)C1=C(C)N=c2s/c(=C\c3ccc(-c4cccc(C(=O)O)c4C)o3)c(=O)n2[C@@H]1c1ccc(OC)cc1OC. The summed E-state index contributed by atoms with van der Waals surface area (Å²) in [5, 5.41) is 9.48. The molecule has 0 aliphatic carbocycles. The lowest BCUT2D eigenvalue weighted by molar-refractivity contribution is -0.139. The molecule has 11 heteroatoms. The van der Waals surface area contributed by atoms with E-state index in [0.717, 1.165) is 11.3 Å². The van der Waals surface area contributed by atoms with E-state index in [1.165, 1.54) is 24.9 Å². The maximum absolute atomic E-state index is 13.9. The van der Waals surface area contributed by atoms with Gasteiger partial charge in [-0.15, -0.1) is 0 Å². The van der Waals surface area contributed by atoms with E-state index in [4.69, 9.17) is 18.6 Å². The molecule has 2 aromatic carbocycles. The van der Waals surface area contributed by atoms with Crippen molar-refractivity contribution in [2.45, 2.75) is 26.8 Å². The Labute approximate surface area is 244 Å². The van der Waals surface area contributed by atoms with Crippen LogP contribution in [0.1, 0.15) is 47.1 Å². The first-order valence-electron chi connectivity index (χ1n) is 13.0. The van der Waals surface area contributed by atoms with Crippen molar-refractivity contribution in [1.82, 2.24) is 4.57 Å². The van der Waals surface area contributed by atoms with E-state index in [0.29, 0.717) is 54.7 Å². The average Bonchev–Trinajstić information content (AvgIpc) is 3.55. The van der Waals surface area contributed by atoms with Crippen LogP contribution in [0.2, 0.25) is 0 Å². The molecule has 216 valence electrons. The van der Waals surface area contributed by atoms with Gasteiger partial charge in [0.25, 0.3) is 5.56 Å². The Morgan fingerprint density at radius 2 is 1.90 bits per heavy atom. The van der Waals surface area contributed by atoms with Gasteiger partial charge >= 0.3 is 11.9 Å². The summed E-state index contributed by atoms with van der Waals surface area (Å²) in [7, 11) is 3.04. The number of hydrogen-bond donors (Lipinski definition) is 1. The average molecular weight is 589 g/mol. The van der Waals surface area contributed by atoms with Crippen LogP contribution in [0.3, 0.4) is 0 Å². The molecule has 0 saturated carbocycles. The van der Waals surface area contributed by atoms with Gasteiger partial charge in [-0.2, -0.15) is 0 Å². The van der Waals surface area contributed by atoms with Gasteiger partial charge < -0.3 is 23.7 Å². The van der Waals surface area contributed by atoms with Gasteiger partial charge in [0.15, 0.2) is 4.80 Å². The predicted molar refractivity (Wildman–Crippen MR) is 156 cm³/mol. The van der Waals surface area contributed by atoms with Gasteiger partial charge in [-0.3, -0.25) is 9.36 Å². The fraction of sp³-hybridized carbons (Fsp3) is 0.226. The van der Waals surface area contributed by atoms with Gasteiger partial charge in [0, 0.05) is 23.3 Å². The van der Waals surface area contributed by atoms with Crippen molar-refractivity contribution in [3.05, 3.63) is 102 Å². The van der Waals surface area contributed by atoms with E-state index in [1.54, 1.807) is 69.3 Å². The van der Waals surface area contributed by atoms with E-state index in [-0.39, 0.29) is 23.3 Å². The highest BCUT2D eigenvalue weighted by Crippen LogP contribution is 2.37. The number of furan rings is 1. The lowest BCUT2D eigenvalue weighted by atomic mass is 9.95. The Hall–Kier alpha value is -4.90. The summed E-state index contributed by atoms with van der Waals surface area (Å²) in [6, 6.07) is 12.7. The summed E-state index contributed by atoms with van der Waals surface area (Å²) < 4.78 is 24.2. The molecule has 3 heterocycles. The molecule has 5 rings (SSSR count). The van der Waals surface area contributed by atoms with Gasteiger partial charge in [0.05, 0.1) is 42.2 Å². The third-order valence-electron chi connectivity index (χ3n) is 6.98. The van der Waals surface area contributed by atoms with Crippen molar-refractivity contribution >= 4 is 29.4 Å². The number of allylic oxidation sites excluding steroid dienone is 1. The molecule has 0 unspecified atom stereocenters. The summed E-state index contributed by atoms with van der Waals surface area (Å²) in [5.41, 5.74) is 2.24. The van der Waals surface area contributed by atoms with Crippen molar-refractivity contribution in [2.75, 3.05) is 20.8 Å². The minimum atomic E-state index is -1.03. The summed E-state index contributed by atoms with van der Waals surface area (Å²) in [5.74, 6) is 0.249. The Bertz CT molecular complexity index is 1930. The van der Waals surface area contributed by atoms with E-state index in [1.807, 2.05) is 0 Å². The zero-order chi connectivity index (χ0) is 30.1. The number of thiazole rings is 1. The lowest BCUT2D eigenvalue weighted by Crippen LogP contribution is -2.40. The topological polar surface area (TPSA) is 130 Å². The van der Waals surface area contributed by atoms with Gasteiger partial charge in [-0.05, 0) is 56.7 Å². The number of carbonyl (C=O) groups excluding carboxylic acids is 1. The molecule has 1 aliphatic heterocycles. The van der Waals surface area contributed by atoms with Crippen LogP contribution in [0.15, 0.2) is 74.0 Å². The van der Waals surface area contributed by atoms with Crippen LogP contribution >= 0.6 is 11.3 Å². The van der Waals surface area contributed by atoms with Crippen molar-refractivity contribution in [3.8, 4) is 22.8 Å². The van der Waals surface area contributed by atoms with E-state index in [9.17, 15) is 19.5 Å². The first-order valence-corrected chi connectivity index (χ1v) is 13.8. The molecule has 0 radical (unpaired) electrons. The van der Waals surface area contributed by atoms with Crippen LogP contribution in [0, 0.1) is 6.92 Å². The number of hydrogen-bond acceptors (Lipinski definition) is 9. The quantitative estimate of drug-likeness (QED) is 0.305. The second-order valence-electron chi connectivity index (χ2n) is 9.40. The lowest BCUT2D eigenvalue weighted by Gasteiger charge is -2.26. The number of carboxylic acid groups (broad SMARTS) is 1. The van der Waals surface area contributed by atoms with Crippen LogP contribution in [0.25, 0.3) is 17.4 Å². The molecule has 2 aromatic heterocycles. The molecular formula is C31H28N2O8S. The number of carboxylic acids is 1. The summed E-state index contributed by atoms with van der Waals surface area (Å²) in [6.07, 6.45) is 1.61. The Morgan fingerprint density at radius 3 is 2.60 bits per heavy atom.